The molecule has 0 radical (unpaired) electrons. The molecule has 2 aromatic carbocycles. The zero-order valence-electron chi connectivity index (χ0n) is 16.0. The average molecular weight is 438 g/mol. The summed E-state index contributed by atoms with van der Waals surface area (Å²) < 4.78 is 0. The van der Waals surface area contributed by atoms with Gasteiger partial charge in [-0.3, -0.25) is 4.79 Å². The van der Waals surface area contributed by atoms with Crippen molar-refractivity contribution in [1.29, 1.82) is 0 Å². The van der Waals surface area contributed by atoms with Crippen molar-refractivity contribution in [2.45, 2.75) is 12.3 Å². The van der Waals surface area contributed by atoms with Crippen molar-refractivity contribution < 1.29 is 4.79 Å². The van der Waals surface area contributed by atoms with Crippen LogP contribution in [-0.2, 0) is 17.1 Å². The largest absolute Gasteiger partial charge is 0.369 e. The maximum atomic E-state index is 12.1. The highest BCUT2D eigenvalue weighted by Crippen LogP contribution is 2.24. The first-order chi connectivity index (χ1) is 13.5. The fourth-order valence-corrected chi connectivity index (χ4v) is 4.16. The summed E-state index contributed by atoms with van der Waals surface area (Å²) in [4.78, 5) is 16.8. The zero-order valence-corrected chi connectivity index (χ0v) is 18.3. The molecule has 4 nitrogen and oxygen atoms in total. The molecule has 1 heterocycles. The van der Waals surface area contributed by atoms with Gasteiger partial charge in [-0.25, -0.2) is 0 Å². The third kappa shape index (κ3) is 6.31. The Bertz CT molecular complexity index is 793. The number of benzene rings is 2. The number of hydrogen-bond donors (Lipinski definition) is 1. The van der Waals surface area contributed by atoms with Gasteiger partial charge in [0.2, 0.25) is 5.91 Å². The summed E-state index contributed by atoms with van der Waals surface area (Å²) in [6.45, 7) is 4.86. The number of piperazine rings is 1. The van der Waals surface area contributed by atoms with Crippen molar-refractivity contribution in [1.82, 2.24) is 10.2 Å². The van der Waals surface area contributed by atoms with E-state index in [9.17, 15) is 4.79 Å². The summed E-state index contributed by atoms with van der Waals surface area (Å²) in [5, 5.41) is 4.08. The van der Waals surface area contributed by atoms with Crippen molar-refractivity contribution in [2.24, 2.45) is 0 Å². The minimum Gasteiger partial charge on any atom is -0.369 e. The van der Waals surface area contributed by atoms with Crippen LogP contribution < -0.4 is 10.2 Å². The maximum Gasteiger partial charge on any atom is 0.230 e. The lowest BCUT2D eigenvalue weighted by Gasteiger charge is -2.34. The molecule has 0 aliphatic carbocycles. The van der Waals surface area contributed by atoms with Crippen molar-refractivity contribution in [3.8, 4) is 0 Å². The van der Waals surface area contributed by atoms with Crippen LogP contribution >= 0.6 is 35.0 Å². The van der Waals surface area contributed by atoms with E-state index in [1.54, 1.807) is 17.8 Å². The molecular formula is C21H25Cl2N3OS. The molecule has 28 heavy (non-hydrogen) atoms. The van der Waals surface area contributed by atoms with Crippen LogP contribution in [0.5, 0.6) is 0 Å². The van der Waals surface area contributed by atoms with Gasteiger partial charge in [-0.1, -0.05) is 41.4 Å². The Balaban J connectivity index is 1.38. The number of amides is 1. The van der Waals surface area contributed by atoms with E-state index < -0.39 is 0 Å². The van der Waals surface area contributed by atoms with Gasteiger partial charge in [-0.15, -0.1) is 11.8 Å². The van der Waals surface area contributed by atoms with Crippen LogP contribution in [0.15, 0.2) is 42.5 Å². The lowest BCUT2D eigenvalue weighted by molar-refractivity contribution is -0.118. The number of nitrogens with one attached hydrogen (secondary N) is 1. The van der Waals surface area contributed by atoms with Gasteiger partial charge in [0.1, 0.15) is 0 Å². The Kier molecular flexibility index (Phi) is 7.91. The molecular weight excluding hydrogens is 413 g/mol. The Morgan fingerprint density at radius 2 is 1.68 bits per heavy atom. The molecule has 0 atom stereocenters. The smallest absolute Gasteiger partial charge is 0.230 e. The Labute approximate surface area is 181 Å². The highest BCUT2D eigenvalue weighted by Gasteiger charge is 2.14. The molecule has 0 saturated carbocycles. The second-order valence-electron chi connectivity index (χ2n) is 6.97. The molecule has 0 unspecified atom stereocenters. The fraction of sp³-hybridized carbons (Fsp3) is 0.381. The molecule has 150 valence electrons. The van der Waals surface area contributed by atoms with Crippen molar-refractivity contribution in [3.05, 3.63) is 63.6 Å². The van der Waals surface area contributed by atoms with E-state index in [2.05, 4.69) is 46.4 Å². The number of halogens is 2. The zero-order chi connectivity index (χ0) is 19.9. The van der Waals surface area contributed by atoms with Gasteiger partial charge in [-0.2, -0.15) is 0 Å². The predicted molar refractivity (Wildman–Crippen MR) is 121 cm³/mol. The van der Waals surface area contributed by atoms with E-state index >= 15 is 0 Å². The standard InChI is InChI=1S/C21H25Cl2N3OS/c1-25-8-10-26(11-9-25)18-5-2-16(3-6-18)13-24-21(27)15-28-14-17-4-7-19(22)20(23)12-17/h2-7,12H,8-11,13-15H2,1H3,(H,24,27). The fourth-order valence-electron chi connectivity index (χ4n) is 3.03. The van der Waals surface area contributed by atoms with Gasteiger partial charge >= 0.3 is 0 Å². The highest BCUT2D eigenvalue weighted by atomic mass is 35.5. The maximum absolute atomic E-state index is 12.1. The average Bonchev–Trinajstić information content (AvgIpc) is 2.70. The molecule has 1 aliphatic heterocycles. The summed E-state index contributed by atoms with van der Waals surface area (Å²) in [5.74, 6) is 1.18. The minimum atomic E-state index is 0.0354. The lowest BCUT2D eigenvalue weighted by atomic mass is 10.2. The lowest BCUT2D eigenvalue weighted by Crippen LogP contribution is -2.44. The van der Waals surface area contributed by atoms with Crippen molar-refractivity contribution >= 4 is 46.6 Å². The summed E-state index contributed by atoms with van der Waals surface area (Å²) in [5.41, 5.74) is 3.42. The van der Waals surface area contributed by atoms with Crippen molar-refractivity contribution in [2.75, 3.05) is 43.9 Å². The molecule has 7 heteroatoms. The van der Waals surface area contributed by atoms with Gasteiger partial charge in [0.15, 0.2) is 0 Å². The first-order valence-corrected chi connectivity index (χ1v) is 11.2. The highest BCUT2D eigenvalue weighted by molar-refractivity contribution is 7.99. The van der Waals surface area contributed by atoms with Crippen LogP contribution in [0.2, 0.25) is 10.0 Å². The summed E-state index contributed by atoms with van der Waals surface area (Å²) >= 11 is 13.5. The van der Waals surface area contributed by atoms with E-state index in [-0.39, 0.29) is 5.91 Å². The van der Waals surface area contributed by atoms with Crippen LogP contribution in [0, 0.1) is 0 Å². The number of nitrogens with zero attached hydrogens (tertiary/aromatic N) is 2. The van der Waals surface area contributed by atoms with E-state index in [1.165, 1.54) is 5.69 Å². The second-order valence-corrected chi connectivity index (χ2v) is 8.77. The molecule has 0 aromatic heterocycles. The quantitative estimate of drug-likeness (QED) is 0.700. The molecule has 3 rings (SSSR count). The normalized spacial score (nSPS) is 14.9. The monoisotopic (exact) mass is 437 g/mol. The van der Waals surface area contributed by atoms with Gasteiger partial charge in [0.25, 0.3) is 0 Å². The van der Waals surface area contributed by atoms with E-state index in [0.29, 0.717) is 22.3 Å². The van der Waals surface area contributed by atoms with Crippen LogP contribution in [0.1, 0.15) is 11.1 Å². The summed E-state index contributed by atoms with van der Waals surface area (Å²) in [6, 6.07) is 14.0. The van der Waals surface area contributed by atoms with Crippen LogP contribution in [-0.4, -0.2) is 49.8 Å². The molecule has 1 aliphatic rings. The first-order valence-electron chi connectivity index (χ1n) is 9.32. The molecule has 1 amide bonds. The number of thioether (sulfide) groups is 1. The van der Waals surface area contributed by atoms with Gasteiger partial charge in [0, 0.05) is 44.2 Å². The molecule has 1 N–H and O–H groups in total. The molecule has 2 aromatic rings. The number of carbonyl (C=O) groups is 1. The predicted octanol–water partition coefficient (Wildman–Crippen LogP) is 4.29. The van der Waals surface area contributed by atoms with E-state index in [1.807, 2.05) is 12.1 Å². The third-order valence-corrected chi connectivity index (χ3v) is 6.52. The summed E-state index contributed by atoms with van der Waals surface area (Å²) in [7, 11) is 2.16. The molecule has 1 saturated heterocycles. The Hall–Kier alpha value is -1.40. The number of likely N-dealkylation sites (N-methyl/N-ethyl adjacent to an activating group) is 1. The number of anilines is 1. The molecule has 0 bridgehead atoms. The van der Waals surface area contributed by atoms with Crippen LogP contribution in [0.25, 0.3) is 0 Å². The first kappa shape index (κ1) is 21.3. The Morgan fingerprint density at radius 3 is 2.36 bits per heavy atom. The Morgan fingerprint density at radius 1 is 1.00 bits per heavy atom. The van der Waals surface area contributed by atoms with Gasteiger partial charge < -0.3 is 15.1 Å². The number of hydrogen-bond acceptors (Lipinski definition) is 4. The van der Waals surface area contributed by atoms with Crippen LogP contribution in [0.4, 0.5) is 5.69 Å². The van der Waals surface area contributed by atoms with Crippen molar-refractivity contribution in [3.63, 3.8) is 0 Å². The summed E-state index contributed by atoms with van der Waals surface area (Å²) in [6.07, 6.45) is 0. The van der Waals surface area contributed by atoms with E-state index in [4.69, 9.17) is 23.2 Å². The number of rotatable bonds is 7. The number of carbonyl (C=O) groups excluding carboxylic acids is 1. The topological polar surface area (TPSA) is 35.6 Å². The second kappa shape index (κ2) is 10.4. The molecule has 0 spiro atoms. The SMILES string of the molecule is CN1CCN(c2ccc(CNC(=O)CSCc3ccc(Cl)c(Cl)c3)cc2)CC1. The van der Waals surface area contributed by atoms with Gasteiger partial charge in [0.05, 0.1) is 15.8 Å². The minimum absolute atomic E-state index is 0.0354. The molecule has 1 fully saturated rings. The van der Waals surface area contributed by atoms with E-state index in [0.717, 1.165) is 43.1 Å². The van der Waals surface area contributed by atoms with Crippen LogP contribution in [0.3, 0.4) is 0 Å². The third-order valence-electron chi connectivity index (χ3n) is 4.78. The van der Waals surface area contributed by atoms with Gasteiger partial charge in [-0.05, 0) is 42.4 Å².